The van der Waals surface area contributed by atoms with Crippen LogP contribution in [0.4, 0.5) is 21.5 Å². The predicted molar refractivity (Wildman–Crippen MR) is 76.4 cm³/mol. The molecule has 0 amide bonds. The molecule has 0 fully saturated rings. The largest absolute Gasteiger partial charge is 0.491 e. The van der Waals surface area contributed by atoms with Crippen molar-refractivity contribution in [2.45, 2.75) is 13.8 Å². The summed E-state index contributed by atoms with van der Waals surface area (Å²) in [4.78, 5) is 0. The minimum atomic E-state index is -0.381. The standard InChI is InChI=1S/C15H17FN2O/c1-3-19-15-7-6-12(9-13(15)16)18-14-8-11(17)5-4-10(14)2/h4-9,18H,3,17H2,1-2H3. The highest BCUT2D eigenvalue weighted by Crippen LogP contribution is 2.26. The summed E-state index contributed by atoms with van der Waals surface area (Å²) in [5.41, 5.74) is 8.98. The van der Waals surface area contributed by atoms with E-state index >= 15 is 0 Å². The molecule has 0 aromatic heterocycles. The van der Waals surface area contributed by atoms with Crippen LogP contribution in [0, 0.1) is 12.7 Å². The van der Waals surface area contributed by atoms with Gasteiger partial charge >= 0.3 is 0 Å². The second-order valence-corrected chi connectivity index (χ2v) is 4.28. The van der Waals surface area contributed by atoms with E-state index in [1.165, 1.54) is 6.07 Å². The van der Waals surface area contributed by atoms with Crippen LogP contribution in [0.5, 0.6) is 5.75 Å². The summed E-state index contributed by atoms with van der Waals surface area (Å²) in [6, 6.07) is 10.4. The van der Waals surface area contributed by atoms with Crippen LogP contribution < -0.4 is 15.8 Å². The first-order valence-corrected chi connectivity index (χ1v) is 6.15. The van der Waals surface area contributed by atoms with Gasteiger partial charge in [0.1, 0.15) is 0 Å². The van der Waals surface area contributed by atoms with Crippen molar-refractivity contribution in [3.63, 3.8) is 0 Å². The number of hydrogen-bond acceptors (Lipinski definition) is 3. The smallest absolute Gasteiger partial charge is 0.167 e. The molecule has 0 saturated heterocycles. The molecule has 0 aliphatic heterocycles. The van der Waals surface area contributed by atoms with Crippen LogP contribution in [0.25, 0.3) is 0 Å². The van der Waals surface area contributed by atoms with Gasteiger partial charge in [-0.05, 0) is 43.7 Å². The van der Waals surface area contributed by atoms with Crippen molar-refractivity contribution < 1.29 is 9.13 Å². The van der Waals surface area contributed by atoms with Gasteiger partial charge in [-0.25, -0.2) is 4.39 Å². The predicted octanol–water partition coefficient (Wildman–Crippen LogP) is 3.86. The van der Waals surface area contributed by atoms with Crippen molar-refractivity contribution in [2.75, 3.05) is 17.7 Å². The number of nitrogen functional groups attached to an aromatic ring is 1. The molecule has 0 unspecified atom stereocenters. The fraction of sp³-hybridized carbons (Fsp3) is 0.200. The first-order valence-electron chi connectivity index (χ1n) is 6.15. The maximum absolute atomic E-state index is 13.7. The third-order valence-corrected chi connectivity index (χ3v) is 2.77. The Morgan fingerprint density at radius 3 is 2.68 bits per heavy atom. The molecule has 0 heterocycles. The Morgan fingerprint density at radius 1 is 1.21 bits per heavy atom. The zero-order valence-corrected chi connectivity index (χ0v) is 11.0. The van der Waals surface area contributed by atoms with Crippen molar-refractivity contribution in [3.05, 3.63) is 47.8 Å². The number of nitrogens with one attached hydrogen (secondary N) is 1. The lowest BCUT2D eigenvalue weighted by Gasteiger charge is -2.12. The van der Waals surface area contributed by atoms with E-state index < -0.39 is 0 Å². The average Bonchev–Trinajstić information content (AvgIpc) is 2.37. The van der Waals surface area contributed by atoms with Gasteiger partial charge in [0.2, 0.25) is 0 Å². The highest BCUT2D eigenvalue weighted by atomic mass is 19.1. The molecule has 0 aliphatic rings. The number of nitrogens with two attached hydrogens (primary N) is 1. The monoisotopic (exact) mass is 260 g/mol. The topological polar surface area (TPSA) is 47.3 Å². The highest BCUT2D eigenvalue weighted by Gasteiger charge is 2.05. The van der Waals surface area contributed by atoms with Gasteiger partial charge < -0.3 is 15.8 Å². The summed E-state index contributed by atoms with van der Waals surface area (Å²) >= 11 is 0. The number of ether oxygens (including phenoxy) is 1. The molecule has 2 aromatic rings. The number of benzene rings is 2. The van der Waals surface area contributed by atoms with Crippen molar-refractivity contribution in [1.82, 2.24) is 0 Å². The Morgan fingerprint density at radius 2 is 2.00 bits per heavy atom. The average molecular weight is 260 g/mol. The van der Waals surface area contributed by atoms with Crippen molar-refractivity contribution in [2.24, 2.45) is 0 Å². The molecule has 2 aromatic carbocycles. The lowest BCUT2D eigenvalue weighted by atomic mass is 10.1. The molecule has 0 spiro atoms. The second-order valence-electron chi connectivity index (χ2n) is 4.28. The van der Waals surface area contributed by atoms with E-state index in [2.05, 4.69) is 5.32 Å². The molecule has 0 aliphatic carbocycles. The minimum absolute atomic E-state index is 0.261. The van der Waals surface area contributed by atoms with E-state index in [1.807, 2.05) is 32.0 Å². The number of rotatable bonds is 4. The number of aryl methyl sites for hydroxylation is 1. The highest BCUT2D eigenvalue weighted by molar-refractivity contribution is 5.67. The van der Waals surface area contributed by atoms with Gasteiger partial charge in [-0.1, -0.05) is 6.07 Å². The Hall–Kier alpha value is -2.23. The maximum Gasteiger partial charge on any atom is 0.167 e. The summed E-state index contributed by atoms with van der Waals surface area (Å²) in [6.07, 6.45) is 0. The zero-order chi connectivity index (χ0) is 13.8. The Kier molecular flexibility index (Phi) is 3.90. The summed E-state index contributed by atoms with van der Waals surface area (Å²) in [5.74, 6) is -0.120. The molecular formula is C15H17FN2O. The molecule has 0 saturated carbocycles. The van der Waals surface area contributed by atoms with Crippen LogP contribution in [-0.4, -0.2) is 6.61 Å². The number of anilines is 3. The molecule has 0 bridgehead atoms. The SMILES string of the molecule is CCOc1ccc(Nc2cc(N)ccc2C)cc1F. The Balaban J connectivity index is 2.24. The number of hydrogen-bond donors (Lipinski definition) is 2. The van der Waals surface area contributed by atoms with Crippen LogP contribution in [0.2, 0.25) is 0 Å². The van der Waals surface area contributed by atoms with E-state index in [1.54, 1.807) is 12.1 Å². The normalized spacial score (nSPS) is 10.3. The van der Waals surface area contributed by atoms with E-state index in [9.17, 15) is 4.39 Å². The lowest BCUT2D eigenvalue weighted by Crippen LogP contribution is -1.98. The quantitative estimate of drug-likeness (QED) is 0.821. The van der Waals surface area contributed by atoms with Gasteiger partial charge in [0, 0.05) is 23.1 Å². The van der Waals surface area contributed by atoms with Gasteiger partial charge in [-0.15, -0.1) is 0 Å². The van der Waals surface area contributed by atoms with Crippen LogP contribution in [0.1, 0.15) is 12.5 Å². The van der Waals surface area contributed by atoms with Crippen LogP contribution >= 0.6 is 0 Å². The van der Waals surface area contributed by atoms with Gasteiger partial charge in [-0.3, -0.25) is 0 Å². The van der Waals surface area contributed by atoms with Crippen molar-refractivity contribution in [1.29, 1.82) is 0 Å². The van der Waals surface area contributed by atoms with E-state index in [0.717, 1.165) is 11.3 Å². The van der Waals surface area contributed by atoms with Crippen molar-refractivity contribution >= 4 is 17.1 Å². The van der Waals surface area contributed by atoms with Crippen LogP contribution in [0.3, 0.4) is 0 Å². The fourth-order valence-corrected chi connectivity index (χ4v) is 1.78. The van der Waals surface area contributed by atoms with Crippen LogP contribution in [-0.2, 0) is 0 Å². The molecule has 0 radical (unpaired) electrons. The van der Waals surface area contributed by atoms with Gasteiger partial charge in [-0.2, -0.15) is 0 Å². The van der Waals surface area contributed by atoms with Gasteiger partial charge in [0.25, 0.3) is 0 Å². The molecule has 0 atom stereocenters. The second kappa shape index (κ2) is 5.61. The Labute approximate surface area is 112 Å². The third-order valence-electron chi connectivity index (χ3n) is 2.77. The molecule has 4 heteroatoms. The van der Waals surface area contributed by atoms with Crippen molar-refractivity contribution in [3.8, 4) is 5.75 Å². The van der Waals surface area contributed by atoms with Crippen LogP contribution in [0.15, 0.2) is 36.4 Å². The molecule has 3 nitrogen and oxygen atoms in total. The summed E-state index contributed by atoms with van der Waals surface area (Å²) in [6.45, 7) is 4.23. The molecule has 19 heavy (non-hydrogen) atoms. The first kappa shape index (κ1) is 13.2. The summed E-state index contributed by atoms with van der Waals surface area (Å²) < 4.78 is 18.9. The van der Waals surface area contributed by atoms with E-state index in [4.69, 9.17) is 10.5 Å². The fourth-order valence-electron chi connectivity index (χ4n) is 1.78. The third kappa shape index (κ3) is 3.16. The molecular weight excluding hydrogens is 243 g/mol. The first-order chi connectivity index (χ1) is 9.10. The maximum atomic E-state index is 13.7. The summed E-state index contributed by atoms with van der Waals surface area (Å²) in [5, 5.41) is 3.15. The molecule has 100 valence electrons. The Bertz CT molecular complexity index is 584. The summed E-state index contributed by atoms with van der Waals surface area (Å²) in [7, 11) is 0. The lowest BCUT2D eigenvalue weighted by molar-refractivity contribution is 0.321. The minimum Gasteiger partial charge on any atom is -0.491 e. The number of halogens is 1. The van der Waals surface area contributed by atoms with Gasteiger partial charge in [0.15, 0.2) is 11.6 Å². The molecule has 3 N–H and O–H groups in total. The van der Waals surface area contributed by atoms with Gasteiger partial charge in [0.05, 0.1) is 6.61 Å². The van der Waals surface area contributed by atoms with E-state index in [-0.39, 0.29) is 11.6 Å². The molecule has 2 rings (SSSR count). The van der Waals surface area contributed by atoms with E-state index in [0.29, 0.717) is 18.0 Å². The zero-order valence-electron chi connectivity index (χ0n) is 11.0.